The Morgan fingerprint density at radius 2 is 0.411 bits per heavy atom. The zero-order valence-electron chi connectivity index (χ0n) is 82.6. The molecular weight excluding hydrogens is 1650 g/mol. The minimum atomic E-state index is -4.95. The molecule has 5 atom stereocenters. The Kier molecular flexibility index (Phi) is 98.3. The summed E-state index contributed by atoms with van der Waals surface area (Å²) < 4.78 is 61.8. The van der Waals surface area contributed by atoms with Crippen molar-refractivity contribution >= 4 is 33.6 Å². The lowest BCUT2D eigenvalue weighted by Crippen LogP contribution is -2.30. The smallest absolute Gasteiger partial charge is 0.463 e. The van der Waals surface area contributed by atoms with Crippen LogP contribution in [0.3, 0.4) is 0 Å². The van der Waals surface area contributed by atoms with E-state index in [2.05, 4.69) is 179 Å². The fourth-order valence-electron chi connectivity index (χ4n) is 14.7. The van der Waals surface area contributed by atoms with Gasteiger partial charge in [-0.2, -0.15) is 0 Å². The zero-order valence-corrected chi connectivity index (χ0v) is 84.4. The van der Waals surface area contributed by atoms with Gasteiger partial charge in [0.25, 0.3) is 0 Å². The van der Waals surface area contributed by atoms with Crippen molar-refractivity contribution in [3.05, 3.63) is 158 Å². The van der Waals surface area contributed by atoms with Gasteiger partial charge in [0, 0.05) is 19.3 Å². The molecule has 0 heterocycles. The fraction of sp³-hybridized carbons (Fsp3) is 0.739. The Morgan fingerprint density at radius 3 is 0.651 bits per heavy atom. The van der Waals surface area contributed by atoms with E-state index < -0.39 is 91.5 Å². The van der Waals surface area contributed by atoms with E-state index in [0.29, 0.717) is 19.3 Å². The van der Waals surface area contributed by atoms with E-state index in [1.807, 2.05) is 0 Å². The number of aliphatic hydroxyl groups is 2. The number of phosphoric ester groups is 2. The predicted octanol–water partition coefficient (Wildman–Crippen LogP) is 33.6. The molecule has 0 aliphatic rings. The van der Waals surface area contributed by atoms with Gasteiger partial charge in [0.1, 0.15) is 25.4 Å². The van der Waals surface area contributed by atoms with Gasteiger partial charge in [-0.25, -0.2) is 9.13 Å². The first-order valence-corrected chi connectivity index (χ1v) is 55.8. The van der Waals surface area contributed by atoms with E-state index in [1.165, 1.54) is 257 Å². The maximum Gasteiger partial charge on any atom is 0.472 e. The summed E-state index contributed by atoms with van der Waals surface area (Å²) >= 11 is 0. The SMILES string of the molecule is CC/C=C\C/C=C\C/C=C\C/C=C\C/C=C\CCCCCCCCCCCCCCCC(=O)OCC(COP(=O)(O)OCC(O)COP(=O)(O)OCC(O)COC(=O)CCCCCCCCCCCCCCCCCCCCC/C=C\C/C=C\C/C=C\C/C=C\CCCCC)OC(=O)CCCCCCCCCCCCCCC/C=C\C/C=C\C/C=C\C/C=C\CCCCC. The van der Waals surface area contributed by atoms with E-state index in [1.54, 1.807) is 0 Å². The van der Waals surface area contributed by atoms with Crippen molar-refractivity contribution in [2.75, 3.05) is 39.6 Å². The van der Waals surface area contributed by atoms with Crippen LogP contribution in [0.1, 0.15) is 470 Å². The van der Waals surface area contributed by atoms with Crippen LogP contribution in [0.2, 0.25) is 0 Å². The highest BCUT2D eigenvalue weighted by molar-refractivity contribution is 7.47. The minimum absolute atomic E-state index is 0.101. The van der Waals surface area contributed by atoms with Gasteiger partial charge in [-0.3, -0.25) is 32.5 Å². The summed E-state index contributed by atoms with van der Waals surface area (Å²) in [6.45, 7) is 2.60. The number of unbranched alkanes of at least 4 members (excludes halogenated alkanes) is 51. The summed E-state index contributed by atoms with van der Waals surface area (Å²) in [5.74, 6) is -1.56. The van der Waals surface area contributed by atoms with Crippen molar-refractivity contribution in [1.29, 1.82) is 0 Å². The molecule has 0 fully saturated rings. The summed E-state index contributed by atoms with van der Waals surface area (Å²) in [4.78, 5) is 59.3. The topological polar surface area (TPSA) is 231 Å². The van der Waals surface area contributed by atoms with Crippen molar-refractivity contribution in [1.82, 2.24) is 0 Å². The largest absolute Gasteiger partial charge is 0.472 e. The second kappa shape index (κ2) is 102. The Labute approximate surface area is 790 Å². The molecule has 0 aliphatic carbocycles. The number of hydrogen-bond acceptors (Lipinski definition) is 14. The van der Waals surface area contributed by atoms with Crippen LogP contribution in [0, 0.1) is 0 Å². The molecule has 0 rings (SSSR count). The van der Waals surface area contributed by atoms with Crippen LogP contribution in [0.4, 0.5) is 0 Å². The average Bonchev–Trinajstić information content (AvgIpc) is 0.897. The molecule has 0 aromatic carbocycles. The molecule has 0 amide bonds. The number of carbonyl (C=O) groups is 3. The highest BCUT2D eigenvalue weighted by Crippen LogP contribution is 2.45. The zero-order chi connectivity index (χ0) is 93.5. The van der Waals surface area contributed by atoms with Gasteiger partial charge >= 0.3 is 33.6 Å². The van der Waals surface area contributed by atoms with Crippen molar-refractivity contribution in [2.45, 2.75) is 489 Å². The predicted molar refractivity (Wildman–Crippen MR) is 546 cm³/mol. The maximum atomic E-state index is 13.1. The van der Waals surface area contributed by atoms with E-state index in [0.717, 1.165) is 154 Å². The highest BCUT2D eigenvalue weighted by Gasteiger charge is 2.30. The first kappa shape index (κ1) is 124. The summed E-state index contributed by atoms with van der Waals surface area (Å²) in [7, 11) is -9.82. The van der Waals surface area contributed by atoms with Gasteiger partial charge in [-0.05, 0) is 154 Å². The molecule has 0 aromatic rings. The molecular formula is C111H194O16P2. The van der Waals surface area contributed by atoms with E-state index >= 15 is 0 Å². The molecule has 0 saturated heterocycles. The maximum absolute atomic E-state index is 13.1. The third-order valence-electron chi connectivity index (χ3n) is 22.7. The van der Waals surface area contributed by atoms with E-state index in [4.69, 9.17) is 32.3 Å². The average molecular weight is 1850 g/mol. The molecule has 0 aliphatic heterocycles. The molecule has 4 N–H and O–H groups in total. The minimum Gasteiger partial charge on any atom is -0.463 e. The fourth-order valence-corrected chi connectivity index (χ4v) is 16.3. The van der Waals surface area contributed by atoms with Crippen molar-refractivity contribution in [3.8, 4) is 0 Å². The Morgan fingerprint density at radius 1 is 0.225 bits per heavy atom. The third-order valence-corrected chi connectivity index (χ3v) is 24.6. The normalized spacial score (nSPS) is 14.3. The van der Waals surface area contributed by atoms with Crippen molar-refractivity contribution in [3.63, 3.8) is 0 Å². The first-order chi connectivity index (χ1) is 63.2. The molecule has 744 valence electrons. The van der Waals surface area contributed by atoms with E-state index in [9.17, 15) is 43.5 Å². The van der Waals surface area contributed by atoms with E-state index in [-0.39, 0.29) is 19.3 Å². The monoisotopic (exact) mass is 1850 g/mol. The number of phosphoric acid groups is 2. The number of ether oxygens (including phenoxy) is 3. The van der Waals surface area contributed by atoms with Gasteiger partial charge in [0.15, 0.2) is 6.10 Å². The van der Waals surface area contributed by atoms with Gasteiger partial charge in [-0.1, -0.05) is 455 Å². The number of allylic oxidation sites excluding steroid dienone is 26. The molecule has 16 nitrogen and oxygen atoms in total. The lowest BCUT2D eigenvalue weighted by atomic mass is 10.0. The number of rotatable bonds is 100. The first-order valence-electron chi connectivity index (χ1n) is 52.8. The van der Waals surface area contributed by atoms with Gasteiger partial charge in [-0.15, -0.1) is 0 Å². The Balaban J connectivity index is 4.58. The van der Waals surface area contributed by atoms with Crippen LogP contribution >= 0.6 is 15.6 Å². The molecule has 0 bridgehead atoms. The summed E-state index contributed by atoms with van der Waals surface area (Å²) in [5.41, 5.74) is 0. The van der Waals surface area contributed by atoms with Crippen molar-refractivity contribution < 1.29 is 75.8 Å². The number of hydrogen-bond donors (Lipinski definition) is 4. The summed E-state index contributed by atoms with van der Waals surface area (Å²) in [6, 6.07) is 0. The number of aliphatic hydroxyl groups excluding tert-OH is 2. The Bertz CT molecular complexity index is 2980. The highest BCUT2D eigenvalue weighted by atomic mass is 31.2. The van der Waals surface area contributed by atoms with Crippen LogP contribution in [0.25, 0.3) is 0 Å². The van der Waals surface area contributed by atoms with Crippen LogP contribution in [0.5, 0.6) is 0 Å². The second-order valence-electron chi connectivity index (χ2n) is 35.3. The molecule has 0 radical (unpaired) electrons. The molecule has 0 aromatic heterocycles. The number of carbonyl (C=O) groups excluding carboxylic acids is 3. The molecule has 18 heteroatoms. The molecule has 129 heavy (non-hydrogen) atoms. The molecule has 0 spiro atoms. The lowest BCUT2D eigenvalue weighted by Gasteiger charge is -2.21. The molecule has 0 saturated carbocycles. The molecule has 5 unspecified atom stereocenters. The van der Waals surface area contributed by atoms with Crippen LogP contribution in [-0.2, 0) is 55.8 Å². The second-order valence-corrected chi connectivity index (χ2v) is 38.2. The summed E-state index contributed by atoms with van der Waals surface area (Å²) in [6.07, 6.45) is 133. The Hall–Kier alpha value is -4.83. The number of esters is 3. The van der Waals surface area contributed by atoms with Gasteiger partial charge < -0.3 is 34.2 Å². The van der Waals surface area contributed by atoms with Crippen molar-refractivity contribution in [2.24, 2.45) is 0 Å². The van der Waals surface area contributed by atoms with Gasteiger partial charge in [0.2, 0.25) is 0 Å². The van der Waals surface area contributed by atoms with Crippen LogP contribution < -0.4 is 0 Å². The lowest BCUT2D eigenvalue weighted by molar-refractivity contribution is -0.161. The van der Waals surface area contributed by atoms with Gasteiger partial charge in [0.05, 0.1) is 26.4 Å². The third kappa shape index (κ3) is 104. The van der Waals surface area contributed by atoms with Crippen LogP contribution in [-0.4, -0.2) is 95.9 Å². The summed E-state index contributed by atoms with van der Waals surface area (Å²) in [5, 5.41) is 20.8. The standard InChI is InChI=1S/C111H194O16P2/c1-4-7-10-13-16-19-22-25-28-31-34-37-40-43-46-49-50-51-52-53-54-57-59-61-64-67-70-73-76-79-82-85-88-91-94-97-109(114)121-100-106(112)101-123-128(117,118)124-102-107(113)103-125-129(119,120)126-105-108(127-111(116)99-96-93-90-87-84-81-78-75-72-69-66-63-60-56-48-45-42-39-36-33-30-27-24-21-18-15-12-9-6-3)104-122-110(115)98-95-92-89-86-83-80-77-74-71-68-65-62-58-55-47-44-41-38-35-32-29-26-23-20-17-14-11-8-5-2/h8,11,16-21,25-30,34-39,43-48,106-108,112-113H,4-7,9-10,12-15,22-24,31-33,40-42,49-105H2,1-3H3,(H,117,118)(H,119,120)/b11-8-,19-16-,20-17-,21-18-,28-25-,29-26-,30-27-,37-34-,38-35-,39-36-,46-43-,47-44-,48-45-. The quantitative estimate of drug-likeness (QED) is 0.0146. The van der Waals surface area contributed by atoms with Crippen LogP contribution in [0.15, 0.2) is 158 Å².